The summed E-state index contributed by atoms with van der Waals surface area (Å²) in [6, 6.07) is 6.85. The number of anilines is 1. The number of rotatable bonds is 4. The number of carbonyl (C=O) groups excluding carboxylic acids is 1. The Kier molecular flexibility index (Phi) is 4.83. The van der Waals surface area contributed by atoms with Gasteiger partial charge in [0.25, 0.3) is 0 Å². The van der Waals surface area contributed by atoms with Crippen LogP contribution < -0.4 is 5.32 Å². The third-order valence-electron chi connectivity index (χ3n) is 2.73. The van der Waals surface area contributed by atoms with E-state index in [9.17, 15) is 15.0 Å². The number of hydrogen-bond acceptors (Lipinski definition) is 4. The van der Waals surface area contributed by atoms with Gasteiger partial charge in [0.1, 0.15) is 0 Å². The summed E-state index contributed by atoms with van der Waals surface area (Å²) in [5.74, 6) is -0.945. The lowest BCUT2D eigenvalue weighted by Gasteiger charge is -2.10. The maximum Gasteiger partial charge on any atom is 0.181 e. The maximum absolute atomic E-state index is 12.0. The Labute approximate surface area is 135 Å². The zero-order valence-electron chi connectivity index (χ0n) is 10.5. The van der Waals surface area contributed by atoms with Crippen LogP contribution >= 0.6 is 34.8 Å². The van der Waals surface area contributed by atoms with Crippen molar-refractivity contribution in [1.29, 1.82) is 0 Å². The summed E-state index contributed by atoms with van der Waals surface area (Å²) in [4.78, 5) is 12.0. The monoisotopic (exact) mass is 345 g/mol. The van der Waals surface area contributed by atoms with E-state index in [2.05, 4.69) is 5.32 Å². The van der Waals surface area contributed by atoms with E-state index >= 15 is 0 Å². The molecule has 3 N–H and O–H groups in total. The van der Waals surface area contributed by atoms with E-state index in [-0.39, 0.29) is 29.4 Å². The van der Waals surface area contributed by atoms with Crippen molar-refractivity contribution in [2.24, 2.45) is 0 Å². The quantitative estimate of drug-likeness (QED) is 0.568. The minimum atomic E-state index is -0.358. The zero-order chi connectivity index (χ0) is 15.6. The van der Waals surface area contributed by atoms with Crippen LogP contribution in [0.5, 0.6) is 11.5 Å². The van der Waals surface area contributed by atoms with Gasteiger partial charge in [0.2, 0.25) is 0 Å². The Morgan fingerprint density at radius 2 is 1.62 bits per heavy atom. The van der Waals surface area contributed by atoms with E-state index in [0.29, 0.717) is 20.8 Å². The first kappa shape index (κ1) is 15.8. The van der Waals surface area contributed by atoms with Gasteiger partial charge in [-0.25, -0.2) is 0 Å². The number of carbonyl (C=O) groups is 1. The van der Waals surface area contributed by atoms with Crippen LogP contribution in [0.25, 0.3) is 0 Å². The minimum Gasteiger partial charge on any atom is -0.504 e. The van der Waals surface area contributed by atoms with Gasteiger partial charge in [0, 0.05) is 10.6 Å². The predicted molar refractivity (Wildman–Crippen MR) is 84.1 cm³/mol. The summed E-state index contributed by atoms with van der Waals surface area (Å²) in [6.45, 7) is -0.0781. The van der Waals surface area contributed by atoms with Crippen molar-refractivity contribution in [2.45, 2.75) is 0 Å². The number of Topliss-reactive ketones (excluding diaryl/α,β-unsaturated/α-hetero) is 1. The van der Waals surface area contributed by atoms with Crippen LogP contribution in [-0.4, -0.2) is 22.5 Å². The minimum absolute atomic E-state index is 0.0781. The van der Waals surface area contributed by atoms with Crippen molar-refractivity contribution in [1.82, 2.24) is 0 Å². The van der Waals surface area contributed by atoms with Gasteiger partial charge in [-0.05, 0) is 30.3 Å². The molecule has 0 aliphatic carbocycles. The average Bonchev–Trinajstić information content (AvgIpc) is 2.40. The number of phenols is 2. The summed E-state index contributed by atoms with van der Waals surface area (Å²) in [7, 11) is 0. The number of hydrogen-bond donors (Lipinski definition) is 3. The highest BCUT2D eigenvalue weighted by Gasteiger charge is 2.12. The lowest BCUT2D eigenvalue weighted by molar-refractivity contribution is 0.101. The standard InChI is InChI=1S/C14H10Cl3NO3/c15-8-4-9(16)14(10(17)5-8)18-6-13(21)7-1-2-11(19)12(20)3-7/h1-5,18-20H,6H2. The van der Waals surface area contributed by atoms with Gasteiger partial charge < -0.3 is 15.5 Å². The molecule has 0 unspecified atom stereocenters. The van der Waals surface area contributed by atoms with Crippen LogP contribution in [0.2, 0.25) is 15.1 Å². The molecule has 0 saturated carbocycles. The van der Waals surface area contributed by atoms with E-state index in [1.807, 2.05) is 0 Å². The summed E-state index contributed by atoms with van der Waals surface area (Å²) in [5, 5.41) is 22.4. The predicted octanol–water partition coefficient (Wildman–Crippen LogP) is 4.35. The molecule has 7 heteroatoms. The van der Waals surface area contributed by atoms with Crippen molar-refractivity contribution in [3.63, 3.8) is 0 Å². The van der Waals surface area contributed by atoms with E-state index < -0.39 is 0 Å². The van der Waals surface area contributed by atoms with Crippen molar-refractivity contribution in [3.8, 4) is 11.5 Å². The molecule has 0 spiro atoms. The largest absolute Gasteiger partial charge is 0.504 e. The van der Waals surface area contributed by atoms with Gasteiger partial charge in [-0.1, -0.05) is 34.8 Å². The van der Waals surface area contributed by atoms with Gasteiger partial charge in [0.15, 0.2) is 17.3 Å². The molecule has 0 atom stereocenters. The molecule has 0 aliphatic heterocycles. The molecule has 2 rings (SSSR count). The Morgan fingerprint density at radius 1 is 1.00 bits per heavy atom. The van der Waals surface area contributed by atoms with Crippen LogP contribution in [0.3, 0.4) is 0 Å². The third kappa shape index (κ3) is 3.73. The fraction of sp³-hybridized carbons (Fsp3) is 0.0714. The van der Waals surface area contributed by atoms with E-state index in [1.165, 1.54) is 30.3 Å². The smallest absolute Gasteiger partial charge is 0.181 e. The highest BCUT2D eigenvalue weighted by molar-refractivity contribution is 6.41. The molecule has 0 heterocycles. The van der Waals surface area contributed by atoms with Crippen LogP contribution in [0.4, 0.5) is 5.69 Å². The fourth-order valence-electron chi connectivity index (χ4n) is 1.68. The number of benzene rings is 2. The lowest BCUT2D eigenvalue weighted by Crippen LogP contribution is -2.14. The molecule has 0 aromatic heterocycles. The summed E-state index contributed by atoms with van der Waals surface area (Å²) in [6.07, 6.45) is 0. The molecule has 2 aromatic rings. The second kappa shape index (κ2) is 6.43. The van der Waals surface area contributed by atoms with Crippen LogP contribution in [0.15, 0.2) is 30.3 Å². The SMILES string of the molecule is O=C(CNc1c(Cl)cc(Cl)cc1Cl)c1ccc(O)c(O)c1. The van der Waals surface area contributed by atoms with Crippen molar-refractivity contribution in [2.75, 3.05) is 11.9 Å². The fourth-order valence-corrected chi connectivity index (χ4v) is 2.63. The normalized spacial score (nSPS) is 10.4. The summed E-state index contributed by atoms with van der Waals surface area (Å²) < 4.78 is 0. The highest BCUT2D eigenvalue weighted by atomic mass is 35.5. The molecule has 2 aromatic carbocycles. The van der Waals surface area contributed by atoms with Crippen molar-refractivity contribution >= 4 is 46.3 Å². The van der Waals surface area contributed by atoms with Gasteiger partial charge in [0.05, 0.1) is 22.3 Å². The van der Waals surface area contributed by atoms with Crippen LogP contribution in [-0.2, 0) is 0 Å². The highest BCUT2D eigenvalue weighted by Crippen LogP contribution is 2.33. The summed E-state index contributed by atoms with van der Waals surface area (Å²) >= 11 is 17.8. The Bertz CT molecular complexity index is 681. The second-order valence-electron chi connectivity index (χ2n) is 4.22. The average molecular weight is 347 g/mol. The molecule has 0 bridgehead atoms. The number of aromatic hydroxyl groups is 2. The number of phenolic OH excluding ortho intramolecular Hbond substituents is 2. The van der Waals surface area contributed by atoms with Gasteiger partial charge in [-0.15, -0.1) is 0 Å². The molecule has 110 valence electrons. The number of nitrogens with one attached hydrogen (secondary N) is 1. The first-order chi connectivity index (χ1) is 9.88. The van der Waals surface area contributed by atoms with E-state index in [0.717, 1.165) is 0 Å². The number of halogens is 3. The molecule has 0 saturated heterocycles. The zero-order valence-corrected chi connectivity index (χ0v) is 12.8. The first-order valence-electron chi connectivity index (χ1n) is 5.82. The Balaban J connectivity index is 2.13. The Morgan fingerprint density at radius 3 is 2.19 bits per heavy atom. The molecule has 0 fully saturated rings. The molecule has 0 aliphatic rings. The molecular formula is C14H10Cl3NO3. The van der Waals surface area contributed by atoms with E-state index in [1.54, 1.807) is 0 Å². The van der Waals surface area contributed by atoms with Crippen molar-refractivity contribution < 1.29 is 15.0 Å². The van der Waals surface area contributed by atoms with Gasteiger partial charge in [-0.2, -0.15) is 0 Å². The maximum atomic E-state index is 12.0. The lowest BCUT2D eigenvalue weighted by atomic mass is 10.1. The van der Waals surface area contributed by atoms with Gasteiger partial charge >= 0.3 is 0 Å². The molecule has 0 radical (unpaired) electrons. The second-order valence-corrected chi connectivity index (χ2v) is 5.48. The third-order valence-corrected chi connectivity index (χ3v) is 3.54. The molecule has 0 amide bonds. The Hall–Kier alpha value is -1.62. The van der Waals surface area contributed by atoms with Gasteiger partial charge in [-0.3, -0.25) is 4.79 Å². The molecule has 4 nitrogen and oxygen atoms in total. The molecular weight excluding hydrogens is 337 g/mol. The van der Waals surface area contributed by atoms with Crippen LogP contribution in [0.1, 0.15) is 10.4 Å². The topological polar surface area (TPSA) is 69.6 Å². The molecule has 21 heavy (non-hydrogen) atoms. The van der Waals surface area contributed by atoms with Crippen molar-refractivity contribution in [3.05, 3.63) is 51.0 Å². The number of ketones is 1. The van der Waals surface area contributed by atoms with Crippen LogP contribution in [0, 0.1) is 0 Å². The summed E-state index contributed by atoms with van der Waals surface area (Å²) in [5.41, 5.74) is 0.651. The first-order valence-corrected chi connectivity index (χ1v) is 6.95. The van der Waals surface area contributed by atoms with E-state index in [4.69, 9.17) is 34.8 Å².